The number of hydrogen-bond acceptors (Lipinski definition) is 2. The maximum Gasteiger partial charge on any atom is 0.306 e. The van der Waals surface area contributed by atoms with Crippen molar-refractivity contribution in [3.63, 3.8) is 0 Å². The van der Waals surface area contributed by atoms with E-state index in [0.717, 1.165) is 57.4 Å². The van der Waals surface area contributed by atoms with Crippen LogP contribution in [0.15, 0.2) is 24.3 Å². The molecule has 31 heavy (non-hydrogen) atoms. The van der Waals surface area contributed by atoms with E-state index in [0.29, 0.717) is 29.7 Å². The van der Waals surface area contributed by atoms with Crippen LogP contribution < -0.4 is 0 Å². The molecule has 0 aliphatic heterocycles. The Balaban J connectivity index is 1.50. The smallest absolute Gasteiger partial charge is 0.306 e. The van der Waals surface area contributed by atoms with Gasteiger partial charge >= 0.3 is 5.97 Å². The summed E-state index contributed by atoms with van der Waals surface area (Å²) < 4.78 is 31.9. The van der Waals surface area contributed by atoms with Crippen LogP contribution in [0, 0.1) is 29.4 Å². The fourth-order valence-electron chi connectivity index (χ4n) is 4.55. The van der Waals surface area contributed by atoms with Gasteiger partial charge in [0, 0.05) is 6.42 Å². The minimum atomic E-state index is -0.811. The molecule has 174 valence electrons. The molecule has 3 unspecified atom stereocenters. The van der Waals surface area contributed by atoms with Crippen LogP contribution in [-0.4, -0.2) is 12.1 Å². The highest BCUT2D eigenvalue weighted by atomic mass is 19.2. The van der Waals surface area contributed by atoms with Crippen LogP contribution in [0.25, 0.3) is 6.08 Å². The maximum absolute atomic E-state index is 13.2. The molecule has 0 amide bonds. The van der Waals surface area contributed by atoms with E-state index in [-0.39, 0.29) is 12.1 Å². The van der Waals surface area contributed by atoms with Gasteiger partial charge in [0.05, 0.1) is 0 Å². The summed E-state index contributed by atoms with van der Waals surface area (Å²) in [6.45, 7) is 6.73. The first-order chi connectivity index (χ1) is 14.9. The van der Waals surface area contributed by atoms with Gasteiger partial charge in [-0.05, 0) is 67.6 Å². The number of esters is 1. The minimum Gasteiger partial charge on any atom is -0.462 e. The Hall–Kier alpha value is -1.71. The third kappa shape index (κ3) is 9.53. The highest BCUT2D eigenvalue weighted by molar-refractivity contribution is 5.69. The molecule has 0 radical (unpaired) electrons. The van der Waals surface area contributed by atoms with Crippen LogP contribution in [0.2, 0.25) is 0 Å². The summed E-state index contributed by atoms with van der Waals surface area (Å²) >= 11 is 0. The number of allylic oxidation sites excluding steroid dienone is 1. The highest BCUT2D eigenvalue weighted by Crippen LogP contribution is 2.35. The van der Waals surface area contributed by atoms with Gasteiger partial charge in [0.15, 0.2) is 11.6 Å². The van der Waals surface area contributed by atoms with E-state index in [9.17, 15) is 13.6 Å². The number of unbranched alkanes of at least 4 members (excludes halogenated alkanes) is 6. The molecule has 3 atom stereocenters. The molecule has 1 aromatic carbocycles. The monoisotopic (exact) mass is 434 g/mol. The molecule has 2 rings (SSSR count). The van der Waals surface area contributed by atoms with Crippen LogP contribution in [0.1, 0.15) is 97.0 Å². The zero-order valence-corrected chi connectivity index (χ0v) is 19.5. The standard InChI is InChI=1S/C27H40F2O2/c1-20(2)23-16-14-21(3)18-26(23)31-27(30)13-11-9-7-5-4-6-8-10-12-22-15-17-24(28)25(29)19-22/h10,12,15,17,19-21,23,26H,4-9,11,13-14,16,18H2,1-3H3. The Kier molecular flexibility index (Phi) is 11.2. The molecular weight excluding hydrogens is 394 g/mol. The molecule has 1 aliphatic carbocycles. The summed E-state index contributed by atoms with van der Waals surface area (Å²) in [4.78, 5) is 12.3. The Morgan fingerprint density at radius 2 is 1.77 bits per heavy atom. The summed E-state index contributed by atoms with van der Waals surface area (Å²) in [5, 5.41) is 0. The van der Waals surface area contributed by atoms with Gasteiger partial charge in [0.25, 0.3) is 0 Å². The average Bonchev–Trinajstić information content (AvgIpc) is 2.71. The number of carbonyl (C=O) groups is 1. The molecule has 1 fully saturated rings. The fraction of sp³-hybridized carbons (Fsp3) is 0.667. The third-order valence-corrected chi connectivity index (χ3v) is 6.50. The first-order valence-electron chi connectivity index (χ1n) is 12.2. The lowest BCUT2D eigenvalue weighted by Gasteiger charge is -2.36. The molecule has 1 aromatic rings. The largest absolute Gasteiger partial charge is 0.462 e. The molecule has 0 N–H and O–H groups in total. The van der Waals surface area contributed by atoms with Crippen LogP contribution in [-0.2, 0) is 9.53 Å². The van der Waals surface area contributed by atoms with Gasteiger partial charge in [-0.25, -0.2) is 8.78 Å². The normalized spacial score (nSPS) is 21.7. The molecule has 1 saturated carbocycles. The summed E-state index contributed by atoms with van der Waals surface area (Å²) in [5.41, 5.74) is 0.688. The first-order valence-corrected chi connectivity index (χ1v) is 12.2. The zero-order chi connectivity index (χ0) is 22.6. The number of rotatable bonds is 12. The van der Waals surface area contributed by atoms with Crippen molar-refractivity contribution in [2.24, 2.45) is 17.8 Å². The molecular formula is C27H40F2O2. The fourth-order valence-corrected chi connectivity index (χ4v) is 4.55. The lowest BCUT2D eigenvalue weighted by Crippen LogP contribution is -2.35. The molecule has 0 aromatic heterocycles. The predicted molar refractivity (Wildman–Crippen MR) is 124 cm³/mol. The Labute approximate surface area is 187 Å². The van der Waals surface area contributed by atoms with E-state index in [4.69, 9.17) is 4.74 Å². The van der Waals surface area contributed by atoms with Gasteiger partial charge in [-0.15, -0.1) is 0 Å². The molecule has 0 saturated heterocycles. The van der Waals surface area contributed by atoms with Crippen molar-refractivity contribution in [2.75, 3.05) is 0 Å². The van der Waals surface area contributed by atoms with Crippen molar-refractivity contribution in [2.45, 2.75) is 97.5 Å². The van der Waals surface area contributed by atoms with Crippen molar-refractivity contribution in [1.82, 2.24) is 0 Å². The third-order valence-electron chi connectivity index (χ3n) is 6.50. The molecule has 1 aliphatic rings. The van der Waals surface area contributed by atoms with Gasteiger partial charge in [-0.1, -0.05) is 71.1 Å². The van der Waals surface area contributed by atoms with Gasteiger partial charge in [0.2, 0.25) is 0 Å². The van der Waals surface area contributed by atoms with Crippen molar-refractivity contribution >= 4 is 12.0 Å². The number of ether oxygens (including phenoxy) is 1. The van der Waals surface area contributed by atoms with Crippen LogP contribution in [0.3, 0.4) is 0 Å². The lowest BCUT2D eigenvalue weighted by atomic mass is 9.75. The second-order valence-corrected chi connectivity index (χ2v) is 9.59. The van der Waals surface area contributed by atoms with Crippen LogP contribution in [0.4, 0.5) is 8.78 Å². The zero-order valence-electron chi connectivity index (χ0n) is 19.5. The predicted octanol–water partition coefficient (Wildman–Crippen LogP) is 8.10. The SMILES string of the molecule is CC1CCC(C(C)C)C(OC(=O)CCCCCCCCC=Cc2ccc(F)c(F)c2)C1. The Morgan fingerprint density at radius 1 is 1.06 bits per heavy atom. The summed E-state index contributed by atoms with van der Waals surface area (Å²) in [6.07, 6.45) is 15.3. The maximum atomic E-state index is 13.2. The van der Waals surface area contributed by atoms with Crippen molar-refractivity contribution < 1.29 is 18.3 Å². The summed E-state index contributed by atoms with van der Waals surface area (Å²) in [7, 11) is 0. The van der Waals surface area contributed by atoms with Crippen molar-refractivity contribution in [3.8, 4) is 0 Å². The van der Waals surface area contributed by atoms with Gasteiger partial charge < -0.3 is 4.74 Å². The second kappa shape index (κ2) is 13.6. The van der Waals surface area contributed by atoms with Crippen molar-refractivity contribution in [3.05, 3.63) is 41.5 Å². The van der Waals surface area contributed by atoms with E-state index in [1.807, 2.05) is 12.2 Å². The molecule has 0 heterocycles. The summed E-state index contributed by atoms with van der Waals surface area (Å²) in [6, 6.07) is 3.95. The summed E-state index contributed by atoms with van der Waals surface area (Å²) in [5.74, 6) is 0.0905. The number of carbonyl (C=O) groups excluding carboxylic acids is 1. The van der Waals surface area contributed by atoms with Crippen LogP contribution in [0.5, 0.6) is 0 Å². The quantitative estimate of drug-likeness (QED) is 0.245. The highest BCUT2D eigenvalue weighted by Gasteiger charge is 2.33. The Bertz CT molecular complexity index is 698. The van der Waals surface area contributed by atoms with E-state index >= 15 is 0 Å². The first kappa shape index (κ1) is 25.5. The topological polar surface area (TPSA) is 26.3 Å². The molecule has 0 bridgehead atoms. The molecule has 4 heteroatoms. The lowest BCUT2D eigenvalue weighted by molar-refractivity contribution is -0.156. The number of benzene rings is 1. The second-order valence-electron chi connectivity index (χ2n) is 9.59. The number of halogens is 2. The minimum absolute atomic E-state index is 0.0212. The average molecular weight is 435 g/mol. The van der Waals surface area contributed by atoms with Crippen molar-refractivity contribution in [1.29, 1.82) is 0 Å². The van der Waals surface area contributed by atoms with Gasteiger partial charge in [-0.2, -0.15) is 0 Å². The van der Waals surface area contributed by atoms with Crippen LogP contribution >= 0.6 is 0 Å². The van der Waals surface area contributed by atoms with E-state index in [2.05, 4.69) is 20.8 Å². The Morgan fingerprint density at radius 3 is 2.48 bits per heavy atom. The number of hydrogen-bond donors (Lipinski definition) is 0. The van der Waals surface area contributed by atoms with Gasteiger partial charge in [-0.3, -0.25) is 4.79 Å². The van der Waals surface area contributed by atoms with E-state index in [1.165, 1.54) is 18.9 Å². The van der Waals surface area contributed by atoms with E-state index < -0.39 is 11.6 Å². The van der Waals surface area contributed by atoms with E-state index in [1.54, 1.807) is 6.07 Å². The molecule has 0 spiro atoms. The molecule has 2 nitrogen and oxygen atoms in total. The van der Waals surface area contributed by atoms with Gasteiger partial charge in [0.1, 0.15) is 6.10 Å².